The van der Waals surface area contributed by atoms with Crippen LogP contribution in [0.4, 0.5) is 4.79 Å². The quantitative estimate of drug-likeness (QED) is 0.389. The molecule has 13 nitrogen and oxygen atoms in total. The fraction of sp³-hybridized carbons (Fsp3) is 0.538. The van der Waals surface area contributed by atoms with Crippen LogP contribution in [0.25, 0.3) is 0 Å². The standard InChI is InChI=1S/C13H18N6O7S/c1-8-14-4-5-17(8)7-11(20)15-16-12(21)10-3-2-9-6-18(10)13(22)19(9)26-27(23,24)25/h4-5,9-10H,2-3,6-7H2,1H3,(H,15,20)(H,16,21)(H,23,24,25)/t9-,10+/m1/s1. The fourth-order valence-corrected chi connectivity index (χ4v) is 3.47. The molecule has 3 rings (SSSR count). The number of hydroxylamine groups is 2. The number of rotatable bonds is 5. The maximum atomic E-state index is 12.3. The van der Waals surface area contributed by atoms with E-state index < -0.39 is 40.3 Å². The van der Waals surface area contributed by atoms with Crippen LogP contribution in [0.15, 0.2) is 12.4 Å². The van der Waals surface area contributed by atoms with Crippen molar-refractivity contribution in [2.24, 2.45) is 0 Å². The maximum absolute atomic E-state index is 12.3. The number of hydrogen-bond acceptors (Lipinski definition) is 7. The molecule has 3 N–H and O–H groups in total. The van der Waals surface area contributed by atoms with E-state index in [2.05, 4.69) is 20.1 Å². The van der Waals surface area contributed by atoms with E-state index in [1.807, 2.05) is 0 Å². The van der Waals surface area contributed by atoms with Crippen LogP contribution in [0.5, 0.6) is 0 Å². The first-order valence-corrected chi connectivity index (χ1v) is 9.35. The smallest absolute Gasteiger partial charge is 0.326 e. The number of aryl methyl sites for hydroxylation is 1. The highest BCUT2D eigenvalue weighted by atomic mass is 32.3. The topological polar surface area (TPSA) is 163 Å². The summed E-state index contributed by atoms with van der Waals surface area (Å²) in [6.07, 6.45) is 3.69. The van der Waals surface area contributed by atoms with Crippen molar-refractivity contribution in [3.8, 4) is 0 Å². The predicted octanol–water partition coefficient (Wildman–Crippen LogP) is -1.66. The summed E-state index contributed by atoms with van der Waals surface area (Å²) in [6, 6.07) is -2.35. The zero-order valence-corrected chi connectivity index (χ0v) is 15.0. The molecular formula is C13H18N6O7S. The molecule has 2 atom stereocenters. The molecule has 2 aliphatic heterocycles. The summed E-state index contributed by atoms with van der Waals surface area (Å²) in [5.74, 6) is -0.468. The number of carbonyl (C=O) groups is 3. The summed E-state index contributed by atoms with van der Waals surface area (Å²) in [7, 11) is -4.85. The van der Waals surface area contributed by atoms with Crippen LogP contribution >= 0.6 is 0 Å². The Hall–Kier alpha value is -2.71. The number of urea groups is 1. The minimum atomic E-state index is -4.85. The van der Waals surface area contributed by atoms with Gasteiger partial charge in [-0.15, -0.1) is 4.28 Å². The van der Waals surface area contributed by atoms with Crippen LogP contribution in [0.3, 0.4) is 0 Å². The molecule has 3 heterocycles. The summed E-state index contributed by atoms with van der Waals surface area (Å²) in [5.41, 5.74) is 4.52. The van der Waals surface area contributed by atoms with Crippen LogP contribution in [0.1, 0.15) is 18.7 Å². The number of imidazole rings is 1. The van der Waals surface area contributed by atoms with Crippen molar-refractivity contribution in [2.45, 2.75) is 38.4 Å². The van der Waals surface area contributed by atoms with Crippen molar-refractivity contribution in [3.63, 3.8) is 0 Å². The Balaban J connectivity index is 1.56. The van der Waals surface area contributed by atoms with Gasteiger partial charge in [0.25, 0.3) is 11.8 Å². The number of hydrogen-bond donors (Lipinski definition) is 3. The molecule has 1 aromatic heterocycles. The summed E-state index contributed by atoms with van der Waals surface area (Å²) >= 11 is 0. The molecule has 14 heteroatoms. The van der Waals surface area contributed by atoms with Crippen molar-refractivity contribution in [1.29, 1.82) is 0 Å². The van der Waals surface area contributed by atoms with Gasteiger partial charge in [-0.25, -0.2) is 9.78 Å². The molecule has 0 unspecified atom stereocenters. The van der Waals surface area contributed by atoms with Crippen molar-refractivity contribution >= 4 is 28.2 Å². The zero-order valence-electron chi connectivity index (χ0n) is 14.2. The zero-order chi connectivity index (χ0) is 19.8. The SMILES string of the molecule is Cc1nccn1CC(=O)NNC(=O)[C@@H]1CC[C@@H]2CN1C(=O)N2OS(=O)(=O)O. The van der Waals surface area contributed by atoms with Gasteiger partial charge in [-0.1, -0.05) is 0 Å². The molecule has 0 radical (unpaired) electrons. The number of fused-ring (bicyclic) bond motifs is 2. The van der Waals surface area contributed by atoms with Gasteiger partial charge in [0.05, 0.1) is 6.04 Å². The molecule has 2 saturated heterocycles. The highest BCUT2D eigenvalue weighted by Gasteiger charge is 2.49. The maximum Gasteiger partial charge on any atom is 0.418 e. The number of hydrazine groups is 1. The van der Waals surface area contributed by atoms with E-state index in [1.165, 1.54) is 0 Å². The van der Waals surface area contributed by atoms with Gasteiger partial charge in [0, 0.05) is 18.9 Å². The van der Waals surface area contributed by atoms with Gasteiger partial charge >= 0.3 is 16.4 Å². The van der Waals surface area contributed by atoms with Crippen LogP contribution in [0, 0.1) is 6.92 Å². The number of nitrogens with one attached hydrogen (secondary N) is 2. The normalized spacial score (nSPS) is 22.1. The van der Waals surface area contributed by atoms with Crippen molar-refractivity contribution in [1.82, 2.24) is 30.4 Å². The van der Waals surface area contributed by atoms with Gasteiger partial charge < -0.3 is 9.47 Å². The third-order valence-corrected chi connectivity index (χ3v) is 4.71. The van der Waals surface area contributed by atoms with Crippen LogP contribution in [0.2, 0.25) is 0 Å². The second-order valence-electron chi connectivity index (χ2n) is 6.15. The molecule has 2 fully saturated rings. The van der Waals surface area contributed by atoms with E-state index >= 15 is 0 Å². The van der Waals surface area contributed by atoms with E-state index in [4.69, 9.17) is 4.55 Å². The summed E-state index contributed by atoms with van der Waals surface area (Å²) in [4.78, 5) is 41.6. The number of nitrogens with zero attached hydrogens (tertiary/aromatic N) is 4. The van der Waals surface area contributed by atoms with Crippen molar-refractivity contribution < 1.29 is 31.6 Å². The van der Waals surface area contributed by atoms with Crippen molar-refractivity contribution in [3.05, 3.63) is 18.2 Å². The van der Waals surface area contributed by atoms with Gasteiger partial charge in [-0.05, 0) is 19.8 Å². The lowest BCUT2D eigenvalue weighted by Crippen LogP contribution is -2.54. The van der Waals surface area contributed by atoms with Gasteiger partial charge in [-0.2, -0.15) is 13.5 Å². The lowest BCUT2D eigenvalue weighted by atomic mass is 10.0. The van der Waals surface area contributed by atoms with Gasteiger partial charge in [0.2, 0.25) is 0 Å². The average molecular weight is 402 g/mol. The van der Waals surface area contributed by atoms with Crippen LogP contribution < -0.4 is 10.9 Å². The summed E-state index contributed by atoms with van der Waals surface area (Å²) < 4.78 is 36.3. The molecule has 0 saturated carbocycles. The number of piperidine rings is 1. The van der Waals surface area contributed by atoms with Crippen LogP contribution in [-0.4, -0.2) is 69.0 Å². The first-order valence-electron chi connectivity index (χ1n) is 7.99. The minimum absolute atomic E-state index is 0.0442. The molecule has 4 amide bonds. The number of carbonyl (C=O) groups excluding carboxylic acids is 3. The first kappa shape index (κ1) is 19.1. The van der Waals surface area contributed by atoms with Gasteiger partial charge in [0.1, 0.15) is 18.4 Å². The monoisotopic (exact) mass is 402 g/mol. The molecule has 148 valence electrons. The Morgan fingerprint density at radius 2 is 2.11 bits per heavy atom. The minimum Gasteiger partial charge on any atom is -0.326 e. The lowest BCUT2D eigenvalue weighted by molar-refractivity contribution is -0.132. The second kappa shape index (κ2) is 7.13. The molecule has 27 heavy (non-hydrogen) atoms. The Bertz CT molecular complexity index is 868. The first-order chi connectivity index (χ1) is 12.7. The van der Waals surface area contributed by atoms with E-state index in [0.29, 0.717) is 10.9 Å². The molecular weight excluding hydrogens is 384 g/mol. The molecule has 2 bridgehead atoms. The number of aromatic nitrogens is 2. The third kappa shape index (κ3) is 4.17. The highest BCUT2D eigenvalue weighted by molar-refractivity contribution is 7.80. The van der Waals surface area contributed by atoms with E-state index in [-0.39, 0.29) is 25.9 Å². The van der Waals surface area contributed by atoms with Gasteiger partial charge in [-0.3, -0.25) is 25.0 Å². The average Bonchev–Trinajstić information content (AvgIpc) is 3.09. The Morgan fingerprint density at radius 3 is 2.74 bits per heavy atom. The van der Waals surface area contributed by atoms with Crippen LogP contribution in [-0.2, 0) is 30.8 Å². The Kier molecular flexibility index (Phi) is 5.03. The Labute approximate surface area is 154 Å². The second-order valence-corrected chi connectivity index (χ2v) is 7.15. The van der Waals surface area contributed by atoms with E-state index in [0.717, 1.165) is 4.90 Å². The third-order valence-electron chi connectivity index (χ3n) is 4.36. The Morgan fingerprint density at radius 1 is 1.37 bits per heavy atom. The fourth-order valence-electron chi connectivity index (χ4n) is 3.08. The molecule has 1 aromatic rings. The highest BCUT2D eigenvalue weighted by Crippen LogP contribution is 2.30. The van der Waals surface area contributed by atoms with Gasteiger partial charge in [0.15, 0.2) is 0 Å². The summed E-state index contributed by atoms with van der Waals surface area (Å²) in [6.45, 7) is 1.75. The molecule has 0 aliphatic carbocycles. The number of amides is 4. The lowest BCUT2D eigenvalue weighted by Gasteiger charge is -2.29. The van der Waals surface area contributed by atoms with Crippen molar-refractivity contribution in [2.75, 3.05) is 6.54 Å². The molecule has 0 aromatic carbocycles. The van der Waals surface area contributed by atoms with E-state index in [1.54, 1.807) is 23.9 Å². The summed E-state index contributed by atoms with van der Waals surface area (Å²) in [5, 5.41) is 0.545. The molecule has 2 aliphatic rings. The largest absolute Gasteiger partial charge is 0.418 e. The molecule has 0 spiro atoms. The predicted molar refractivity (Wildman–Crippen MR) is 86.6 cm³/mol. The van der Waals surface area contributed by atoms with E-state index in [9.17, 15) is 22.8 Å².